The number of para-hydroxylation sites is 1. The molecule has 0 spiro atoms. The summed E-state index contributed by atoms with van der Waals surface area (Å²) in [5.74, 6) is 1.07. The van der Waals surface area contributed by atoms with Crippen LogP contribution in [0.2, 0.25) is 0 Å². The van der Waals surface area contributed by atoms with Crippen molar-refractivity contribution in [1.29, 1.82) is 0 Å². The number of urea groups is 1. The SMILES string of the molecule is CCc1nc2ccccc2c(=O)n1CC1CCN(C(=O)Nc2ccc([N+](=O)[O-])cc2)CC1. The predicted molar refractivity (Wildman–Crippen MR) is 122 cm³/mol. The smallest absolute Gasteiger partial charge is 0.321 e. The lowest BCUT2D eigenvalue weighted by Crippen LogP contribution is -2.42. The maximum absolute atomic E-state index is 13.0. The van der Waals surface area contributed by atoms with Gasteiger partial charge in [-0.1, -0.05) is 19.1 Å². The second-order valence-electron chi connectivity index (χ2n) is 7.98. The molecule has 2 aromatic carbocycles. The molecule has 2 heterocycles. The maximum atomic E-state index is 13.0. The Labute approximate surface area is 184 Å². The number of nitro benzene ring substituents is 1. The van der Waals surface area contributed by atoms with Crippen molar-refractivity contribution < 1.29 is 9.72 Å². The zero-order valence-electron chi connectivity index (χ0n) is 17.9. The molecule has 9 nitrogen and oxygen atoms in total. The zero-order chi connectivity index (χ0) is 22.7. The van der Waals surface area contributed by atoms with Crippen LogP contribution in [0.15, 0.2) is 53.3 Å². The van der Waals surface area contributed by atoms with E-state index in [-0.39, 0.29) is 23.2 Å². The fraction of sp³-hybridized carbons (Fsp3) is 0.348. The van der Waals surface area contributed by atoms with E-state index in [1.165, 1.54) is 24.3 Å². The molecule has 1 N–H and O–H groups in total. The number of aromatic nitrogens is 2. The summed E-state index contributed by atoms with van der Waals surface area (Å²) in [5.41, 5.74) is 1.21. The number of carbonyl (C=O) groups is 1. The van der Waals surface area contributed by atoms with Crippen LogP contribution in [0.3, 0.4) is 0 Å². The van der Waals surface area contributed by atoms with E-state index in [1.54, 1.807) is 9.47 Å². The third-order valence-electron chi connectivity index (χ3n) is 5.93. The number of nitro groups is 1. The van der Waals surface area contributed by atoms with Crippen molar-refractivity contribution in [1.82, 2.24) is 14.5 Å². The van der Waals surface area contributed by atoms with Crippen molar-refractivity contribution in [2.45, 2.75) is 32.7 Å². The molecule has 1 aliphatic heterocycles. The highest BCUT2D eigenvalue weighted by Crippen LogP contribution is 2.22. The van der Waals surface area contributed by atoms with Crippen molar-refractivity contribution in [3.05, 3.63) is 74.8 Å². The van der Waals surface area contributed by atoms with Crippen molar-refractivity contribution in [2.75, 3.05) is 18.4 Å². The Morgan fingerprint density at radius 2 is 1.84 bits per heavy atom. The minimum absolute atomic E-state index is 0.00852. The summed E-state index contributed by atoms with van der Waals surface area (Å²) in [5, 5.41) is 14.2. The number of piperidine rings is 1. The summed E-state index contributed by atoms with van der Waals surface area (Å²) >= 11 is 0. The van der Waals surface area contributed by atoms with Gasteiger partial charge in [-0.15, -0.1) is 0 Å². The highest BCUT2D eigenvalue weighted by atomic mass is 16.6. The summed E-state index contributed by atoms with van der Waals surface area (Å²) in [6.45, 7) is 3.76. The first-order valence-corrected chi connectivity index (χ1v) is 10.7. The number of hydrogen-bond donors (Lipinski definition) is 1. The van der Waals surface area contributed by atoms with Crippen molar-refractivity contribution in [3.8, 4) is 0 Å². The van der Waals surface area contributed by atoms with Crippen LogP contribution >= 0.6 is 0 Å². The Balaban J connectivity index is 1.39. The van der Waals surface area contributed by atoms with Gasteiger partial charge in [0, 0.05) is 43.9 Å². The second kappa shape index (κ2) is 9.17. The average molecular weight is 435 g/mol. The Hall–Kier alpha value is -3.75. The summed E-state index contributed by atoms with van der Waals surface area (Å²) in [4.78, 5) is 42.3. The first-order valence-electron chi connectivity index (χ1n) is 10.7. The number of aryl methyl sites for hydroxylation is 1. The number of anilines is 1. The molecule has 0 radical (unpaired) electrons. The fourth-order valence-corrected chi connectivity index (χ4v) is 4.12. The molecular formula is C23H25N5O4. The van der Waals surface area contributed by atoms with Crippen LogP contribution < -0.4 is 10.9 Å². The minimum atomic E-state index is -0.475. The maximum Gasteiger partial charge on any atom is 0.321 e. The van der Waals surface area contributed by atoms with Crippen LogP contribution in [0.1, 0.15) is 25.6 Å². The number of benzene rings is 2. The molecular weight excluding hydrogens is 410 g/mol. The van der Waals surface area contributed by atoms with Crippen LogP contribution in [0, 0.1) is 16.0 Å². The molecule has 0 unspecified atom stereocenters. The monoisotopic (exact) mass is 435 g/mol. The van der Waals surface area contributed by atoms with E-state index < -0.39 is 4.92 Å². The molecule has 9 heteroatoms. The molecule has 1 fully saturated rings. The number of likely N-dealkylation sites (tertiary alicyclic amines) is 1. The zero-order valence-corrected chi connectivity index (χ0v) is 17.9. The van der Waals surface area contributed by atoms with Gasteiger partial charge >= 0.3 is 6.03 Å². The van der Waals surface area contributed by atoms with E-state index in [9.17, 15) is 19.7 Å². The Morgan fingerprint density at radius 1 is 1.16 bits per heavy atom. The molecule has 0 aliphatic carbocycles. The summed E-state index contributed by atoms with van der Waals surface area (Å²) in [7, 11) is 0. The molecule has 1 aliphatic rings. The average Bonchev–Trinajstić information content (AvgIpc) is 2.81. The second-order valence-corrected chi connectivity index (χ2v) is 7.98. The van der Waals surface area contributed by atoms with Crippen LogP contribution in [0.4, 0.5) is 16.2 Å². The number of nitrogens with one attached hydrogen (secondary N) is 1. The number of amides is 2. The Kier molecular flexibility index (Phi) is 6.16. The van der Waals surface area contributed by atoms with Gasteiger partial charge in [-0.3, -0.25) is 19.5 Å². The van der Waals surface area contributed by atoms with Crippen LogP contribution in [0.5, 0.6) is 0 Å². The lowest BCUT2D eigenvalue weighted by molar-refractivity contribution is -0.384. The summed E-state index contributed by atoms with van der Waals surface area (Å²) in [6, 6.07) is 13.0. The normalized spacial score (nSPS) is 14.5. The van der Waals surface area contributed by atoms with E-state index in [2.05, 4.69) is 10.3 Å². The van der Waals surface area contributed by atoms with E-state index in [1.807, 2.05) is 31.2 Å². The summed E-state index contributed by atoms with van der Waals surface area (Å²) in [6.07, 6.45) is 2.25. The Bertz CT molecular complexity index is 1200. The molecule has 0 bridgehead atoms. The highest BCUT2D eigenvalue weighted by Gasteiger charge is 2.24. The number of fused-ring (bicyclic) bond motifs is 1. The number of hydrogen-bond acceptors (Lipinski definition) is 5. The van der Waals surface area contributed by atoms with E-state index in [4.69, 9.17) is 0 Å². The van der Waals surface area contributed by atoms with Crippen molar-refractivity contribution >= 4 is 28.3 Å². The minimum Gasteiger partial charge on any atom is -0.325 e. The molecule has 3 aromatic rings. The molecule has 1 saturated heterocycles. The van der Waals surface area contributed by atoms with Gasteiger partial charge in [0.1, 0.15) is 5.82 Å². The topological polar surface area (TPSA) is 110 Å². The number of rotatable bonds is 5. The van der Waals surface area contributed by atoms with Gasteiger partial charge < -0.3 is 10.2 Å². The van der Waals surface area contributed by atoms with Gasteiger partial charge in [0.25, 0.3) is 11.2 Å². The largest absolute Gasteiger partial charge is 0.325 e. The van der Waals surface area contributed by atoms with Crippen molar-refractivity contribution in [2.24, 2.45) is 5.92 Å². The van der Waals surface area contributed by atoms with E-state index in [0.717, 1.165) is 24.2 Å². The molecule has 166 valence electrons. The van der Waals surface area contributed by atoms with Gasteiger partial charge in [0.05, 0.1) is 15.8 Å². The van der Waals surface area contributed by atoms with Gasteiger partial charge in [0.15, 0.2) is 0 Å². The standard InChI is InChI=1S/C23H25N5O4/c1-2-21-25-20-6-4-3-5-19(20)22(29)27(21)15-16-11-13-26(14-12-16)23(30)24-17-7-9-18(10-8-17)28(31)32/h3-10,16H,2,11-15H2,1H3,(H,24,30). The molecule has 2 amide bonds. The highest BCUT2D eigenvalue weighted by molar-refractivity contribution is 5.89. The molecule has 32 heavy (non-hydrogen) atoms. The predicted octanol–water partition coefficient (Wildman–Crippen LogP) is 3.81. The molecule has 0 saturated carbocycles. The van der Waals surface area contributed by atoms with E-state index in [0.29, 0.717) is 37.1 Å². The van der Waals surface area contributed by atoms with Gasteiger partial charge in [-0.05, 0) is 43.0 Å². The van der Waals surface area contributed by atoms with Crippen molar-refractivity contribution in [3.63, 3.8) is 0 Å². The van der Waals surface area contributed by atoms with E-state index >= 15 is 0 Å². The Morgan fingerprint density at radius 3 is 2.50 bits per heavy atom. The third kappa shape index (κ3) is 4.46. The molecule has 1 aromatic heterocycles. The van der Waals surface area contributed by atoms with Crippen LogP contribution in [-0.2, 0) is 13.0 Å². The molecule has 4 rings (SSSR count). The molecule has 0 atom stereocenters. The van der Waals surface area contributed by atoms with Gasteiger partial charge in [-0.25, -0.2) is 9.78 Å². The fourth-order valence-electron chi connectivity index (χ4n) is 4.12. The summed E-state index contributed by atoms with van der Waals surface area (Å²) < 4.78 is 1.79. The van der Waals surface area contributed by atoms with Crippen LogP contribution in [-0.4, -0.2) is 38.5 Å². The van der Waals surface area contributed by atoms with Gasteiger partial charge in [0.2, 0.25) is 0 Å². The number of non-ortho nitro benzene ring substituents is 1. The number of carbonyl (C=O) groups excluding carboxylic acids is 1. The van der Waals surface area contributed by atoms with Gasteiger partial charge in [-0.2, -0.15) is 0 Å². The lowest BCUT2D eigenvalue weighted by Gasteiger charge is -2.32. The third-order valence-corrected chi connectivity index (χ3v) is 5.93. The lowest BCUT2D eigenvalue weighted by atomic mass is 9.96. The number of nitrogens with zero attached hydrogens (tertiary/aromatic N) is 4. The van der Waals surface area contributed by atoms with Crippen LogP contribution in [0.25, 0.3) is 10.9 Å². The quantitative estimate of drug-likeness (QED) is 0.484. The first kappa shape index (κ1) is 21.5. The first-order chi connectivity index (χ1) is 15.5.